The van der Waals surface area contributed by atoms with Crippen molar-refractivity contribution in [2.24, 2.45) is 5.92 Å². The maximum absolute atomic E-state index is 12.3. The Balaban J connectivity index is 0.00000432. The topological polar surface area (TPSA) is 123 Å². The van der Waals surface area contributed by atoms with Crippen LogP contribution < -0.4 is 21.4 Å². The van der Waals surface area contributed by atoms with Crippen molar-refractivity contribution in [3.05, 3.63) is 70.8 Å². The molecule has 1 fully saturated rings. The van der Waals surface area contributed by atoms with Gasteiger partial charge in [0.15, 0.2) is 0 Å². The smallest absolute Gasteiger partial charge is 0.268 e. The lowest BCUT2D eigenvalue weighted by Gasteiger charge is -2.22. The Bertz CT molecular complexity index is 1000. The quantitative estimate of drug-likeness (QED) is 0.195. The number of nitrogens with one attached hydrogen (secondary N) is 4. The number of amides is 2. The number of benzene rings is 2. The van der Waals surface area contributed by atoms with Crippen LogP contribution in [0.4, 0.5) is 0 Å². The van der Waals surface area contributed by atoms with Gasteiger partial charge in [0.25, 0.3) is 11.8 Å². The summed E-state index contributed by atoms with van der Waals surface area (Å²) >= 11 is 0. The van der Waals surface area contributed by atoms with E-state index < -0.39 is 24.0 Å². The lowest BCUT2D eigenvalue weighted by molar-refractivity contribution is -0.133. The summed E-state index contributed by atoms with van der Waals surface area (Å²) in [5.74, 6) is 5.47. The second-order valence-corrected chi connectivity index (χ2v) is 8.54. The molecule has 0 aromatic heterocycles. The fraction of sp³-hybridized carbons (Fsp3) is 0.407. The minimum atomic E-state index is -1.26. The minimum Gasteiger partial charge on any atom is -0.391 e. The molecule has 0 saturated carbocycles. The Morgan fingerprint density at radius 3 is 2.26 bits per heavy atom. The molecule has 6 N–H and O–H groups in total. The molecular formula is C27H36N4O4. The van der Waals surface area contributed by atoms with E-state index in [0.29, 0.717) is 11.5 Å². The van der Waals surface area contributed by atoms with Crippen molar-refractivity contribution >= 4 is 11.8 Å². The zero-order valence-electron chi connectivity index (χ0n) is 19.3. The molecule has 35 heavy (non-hydrogen) atoms. The predicted molar refractivity (Wildman–Crippen MR) is 136 cm³/mol. The number of piperidine rings is 1. The molecule has 0 bridgehead atoms. The number of rotatable bonds is 8. The van der Waals surface area contributed by atoms with Crippen LogP contribution in [0.25, 0.3) is 0 Å². The maximum atomic E-state index is 12.3. The van der Waals surface area contributed by atoms with E-state index in [1.807, 2.05) is 12.1 Å². The Morgan fingerprint density at radius 2 is 1.71 bits per heavy atom. The molecular weight excluding hydrogens is 444 g/mol. The first-order valence-electron chi connectivity index (χ1n) is 11.5. The summed E-state index contributed by atoms with van der Waals surface area (Å²) in [7, 11) is 0. The van der Waals surface area contributed by atoms with Crippen LogP contribution in [-0.2, 0) is 11.3 Å². The van der Waals surface area contributed by atoms with Gasteiger partial charge in [-0.3, -0.25) is 14.8 Å². The molecule has 1 unspecified atom stereocenters. The van der Waals surface area contributed by atoms with Crippen molar-refractivity contribution in [1.82, 2.24) is 21.4 Å². The van der Waals surface area contributed by atoms with Gasteiger partial charge < -0.3 is 21.1 Å². The Morgan fingerprint density at radius 1 is 1.09 bits per heavy atom. The highest BCUT2D eigenvalue weighted by molar-refractivity contribution is 5.97. The summed E-state index contributed by atoms with van der Waals surface area (Å²) in [6.45, 7) is 5.43. The van der Waals surface area contributed by atoms with Crippen molar-refractivity contribution in [3.8, 4) is 11.8 Å². The van der Waals surface area contributed by atoms with E-state index in [0.717, 1.165) is 37.3 Å². The van der Waals surface area contributed by atoms with E-state index in [1.165, 1.54) is 30.8 Å². The third-order valence-electron chi connectivity index (χ3n) is 5.77. The summed E-state index contributed by atoms with van der Waals surface area (Å²) in [5, 5.41) is 27.7. The van der Waals surface area contributed by atoms with Gasteiger partial charge in [0, 0.05) is 23.2 Å². The highest BCUT2D eigenvalue weighted by Crippen LogP contribution is 2.10. The standard InChI is InChI=1S/C26H32N4O4.CH4/c1-18(31)24(26(33)30-34)29-25(32)23-12-10-20(11-13-23)5-4-19-6-8-21(9-7-19)15-28-17-22-3-2-14-27-16-22;/h6-13,18,22,24,27-28,31,34H,2-3,14-17H2,1H3,(H,29,32)(H,30,33);1H4/t18-,22?,24+;/m1./s1. The van der Waals surface area contributed by atoms with Crippen molar-refractivity contribution in [1.29, 1.82) is 0 Å². The van der Waals surface area contributed by atoms with Gasteiger partial charge in [-0.25, -0.2) is 5.48 Å². The molecule has 1 saturated heterocycles. The Kier molecular flexibility index (Phi) is 11.4. The molecule has 2 aromatic carbocycles. The Hall–Kier alpha value is -3.22. The van der Waals surface area contributed by atoms with Gasteiger partial charge >= 0.3 is 0 Å². The van der Waals surface area contributed by atoms with Gasteiger partial charge in [0.2, 0.25) is 0 Å². The van der Waals surface area contributed by atoms with E-state index in [-0.39, 0.29) is 7.43 Å². The number of hydroxylamine groups is 1. The van der Waals surface area contributed by atoms with Gasteiger partial charge in [-0.1, -0.05) is 31.4 Å². The molecule has 3 rings (SSSR count). The van der Waals surface area contributed by atoms with Gasteiger partial charge in [-0.15, -0.1) is 0 Å². The van der Waals surface area contributed by atoms with Crippen LogP contribution in [0.2, 0.25) is 0 Å². The van der Waals surface area contributed by atoms with E-state index in [1.54, 1.807) is 24.3 Å². The van der Waals surface area contributed by atoms with Crippen molar-refractivity contribution in [2.45, 2.75) is 45.9 Å². The van der Waals surface area contributed by atoms with Crippen LogP contribution in [-0.4, -0.2) is 53.9 Å². The number of hydrogen-bond donors (Lipinski definition) is 6. The van der Waals surface area contributed by atoms with E-state index in [9.17, 15) is 14.7 Å². The largest absolute Gasteiger partial charge is 0.391 e. The molecule has 0 radical (unpaired) electrons. The van der Waals surface area contributed by atoms with Crippen LogP contribution in [0.15, 0.2) is 48.5 Å². The van der Waals surface area contributed by atoms with Crippen LogP contribution >= 0.6 is 0 Å². The number of aliphatic hydroxyl groups excluding tert-OH is 1. The number of carbonyl (C=O) groups is 2. The molecule has 1 aliphatic heterocycles. The molecule has 0 spiro atoms. The summed E-state index contributed by atoms with van der Waals surface area (Å²) < 4.78 is 0. The zero-order chi connectivity index (χ0) is 24.3. The summed E-state index contributed by atoms with van der Waals surface area (Å²) in [4.78, 5) is 23.9. The lowest BCUT2D eigenvalue weighted by Crippen LogP contribution is -2.51. The first-order chi connectivity index (χ1) is 16.5. The Labute approximate surface area is 207 Å². The van der Waals surface area contributed by atoms with Crippen molar-refractivity contribution < 1.29 is 19.9 Å². The number of hydrogen-bond acceptors (Lipinski definition) is 6. The molecule has 188 valence electrons. The average Bonchev–Trinajstić information content (AvgIpc) is 2.87. The average molecular weight is 481 g/mol. The number of carbonyl (C=O) groups excluding carboxylic acids is 2. The van der Waals surface area contributed by atoms with Crippen LogP contribution in [0, 0.1) is 17.8 Å². The zero-order valence-corrected chi connectivity index (χ0v) is 19.3. The van der Waals surface area contributed by atoms with E-state index in [4.69, 9.17) is 5.21 Å². The van der Waals surface area contributed by atoms with Gasteiger partial charge in [0.05, 0.1) is 6.10 Å². The summed E-state index contributed by atoms with van der Waals surface area (Å²) in [5.41, 5.74) is 4.60. The summed E-state index contributed by atoms with van der Waals surface area (Å²) in [6, 6.07) is 13.5. The SMILES string of the molecule is C.C[C@@H](O)[C@H](NC(=O)c1ccc(C#Cc2ccc(CNCC3CCCNC3)cc2)cc1)C(=O)NO. The lowest BCUT2D eigenvalue weighted by atomic mass is 10.00. The highest BCUT2D eigenvalue weighted by Gasteiger charge is 2.25. The molecule has 2 amide bonds. The third kappa shape index (κ3) is 8.81. The maximum Gasteiger partial charge on any atom is 0.268 e. The van der Waals surface area contributed by atoms with E-state index >= 15 is 0 Å². The second-order valence-electron chi connectivity index (χ2n) is 8.54. The highest BCUT2D eigenvalue weighted by atomic mass is 16.5. The monoisotopic (exact) mass is 480 g/mol. The molecule has 8 heteroatoms. The molecule has 1 aliphatic rings. The van der Waals surface area contributed by atoms with Crippen LogP contribution in [0.1, 0.15) is 54.2 Å². The third-order valence-corrected chi connectivity index (χ3v) is 5.77. The molecule has 8 nitrogen and oxygen atoms in total. The number of aliphatic hydroxyl groups is 1. The predicted octanol–water partition coefficient (Wildman–Crippen LogP) is 1.80. The minimum absolute atomic E-state index is 0. The molecule has 1 heterocycles. The fourth-order valence-electron chi connectivity index (χ4n) is 3.77. The van der Waals surface area contributed by atoms with Crippen molar-refractivity contribution in [2.75, 3.05) is 19.6 Å². The molecule has 0 aliphatic carbocycles. The van der Waals surface area contributed by atoms with Gasteiger partial charge in [0.1, 0.15) is 6.04 Å². The normalized spacial score (nSPS) is 16.6. The van der Waals surface area contributed by atoms with Crippen LogP contribution in [0.5, 0.6) is 0 Å². The second kappa shape index (κ2) is 14.2. The van der Waals surface area contributed by atoms with E-state index in [2.05, 4.69) is 39.9 Å². The first kappa shape index (κ1) is 28.0. The van der Waals surface area contributed by atoms with Gasteiger partial charge in [-0.05, 0) is 87.3 Å². The molecule has 3 atom stereocenters. The first-order valence-corrected chi connectivity index (χ1v) is 11.5. The van der Waals surface area contributed by atoms with Crippen LogP contribution in [0.3, 0.4) is 0 Å². The summed E-state index contributed by atoms with van der Waals surface area (Å²) in [6.07, 6.45) is 1.36. The molecule has 2 aromatic rings. The van der Waals surface area contributed by atoms with Gasteiger partial charge in [-0.2, -0.15) is 0 Å². The fourth-order valence-corrected chi connectivity index (χ4v) is 3.77. The van der Waals surface area contributed by atoms with Crippen molar-refractivity contribution in [3.63, 3.8) is 0 Å².